The Hall–Kier alpha value is -3.07. The smallest absolute Gasteiger partial charge is 0.158 e. The van der Waals surface area contributed by atoms with Gasteiger partial charge in [-0.3, -0.25) is 0 Å². The van der Waals surface area contributed by atoms with E-state index in [9.17, 15) is 0 Å². The molecule has 3 heteroatoms. The largest absolute Gasteiger partial charge is 0.316 e. The molecule has 2 aromatic carbocycles. The standard InChI is InChI=1S/C30H35N3/c1-9-30(8)22-17-16-21(28(3,4)5)19-25(22)33-26-24(15-12-18-31-26)32(27(33)29(30,6)7)23-14-11-10-13-20(23)2/h9-19,27H,1H2,2-8H3. The number of hydrogen-bond acceptors (Lipinski definition) is 3. The van der Waals surface area contributed by atoms with Gasteiger partial charge in [-0.2, -0.15) is 0 Å². The lowest BCUT2D eigenvalue weighted by Gasteiger charge is -2.56. The molecule has 0 amide bonds. The van der Waals surface area contributed by atoms with Gasteiger partial charge in [0.05, 0.1) is 5.69 Å². The highest BCUT2D eigenvalue weighted by Gasteiger charge is 2.59. The monoisotopic (exact) mass is 437 g/mol. The lowest BCUT2D eigenvalue weighted by Crippen LogP contribution is -2.60. The highest BCUT2D eigenvalue weighted by atomic mass is 15.5. The van der Waals surface area contributed by atoms with E-state index >= 15 is 0 Å². The van der Waals surface area contributed by atoms with E-state index in [1.165, 1.54) is 28.1 Å². The van der Waals surface area contributed by atoms with Crippen LogP contribution in [-0.4, -0.2) is 11.1 Å². The van der Waals surface area contributed by atoms with Crippen LogP contribution in [0.4, 0.5) is 22.9 Å². The number of nitrogens with zero attached hydrogens (tertiary/aromatic N) is 3. The summed E-state index contributed by atoms with van der Waals surface area (Å²) >= 11 is 0. The summed E-state index contributed by atoms with van der Waals surface area (Å²) < 4.78 is 0. The van der Waals surface area contributed by atoms with E-state index in [4.69, 9.17) is 4.98 Å². The second kappa shape index (κ2) is 6.96. The fourth-order valence-corrected chi connectivity index (χ4v) is 5.74. The maximum Gasteiger partial charge on any atom is 0.158 e. The third kappa shape index (κ3) is 2.84. The minimum Gasteiger partial charge on any atom is -0.316 e. The summed E-state index contributed by atoms with van der Waals surface area (Å²) in [6.07, 6.45) is 4.14. The molecule has 0 saturated heterocycles. The number of benzene rings is 2. The minimum atomic E-state index is -0.219. The molecular weight excluding hydrogens is 402 g/mol. The van der Waals surface area contributed by atoms with Crippen molar-refractivity contribution < 1.29 is 0 Å². The van der Waals surface area contributed by atoms with Crippen molar-refractivity contribution in [2.24, 2.45) is 5.41 Å². The van der Waals surface area contributed by atoms with Gasteiger partial charge in [0.1, 0.15) is 6.17 Å². The summed E-state index contributed by atoms with van der Waals surface area (Å²) in [5, 5.41) is 0. The van der Waals surface area contributed by atoms with Gasteiger partial charge in [-0.1, -0.05) is 78.0 Å². The SMILES string of the molecule is C=CC1(C)c2ccc(C(C)(C)C)cc2N2c3ncccc3N(c3ccccc3C)C2C1(C)C. The van der Waals surface area contributed by atoms with E-state index in [-0.39, 0.29) is 22.4 Å². The molecule has 0 N–H and O–H groups in total. The highest BCUT2D eigenvalue weighted by molar-refractivity contribution is 5.89. The fraction of sp³-hybridized carbons (Fsp3) is 0.367. The van der Waals surface area contributed by atoms with Gasteiger partial charge in [0.2, 0.25) is 0 Å². The van der Waals surface area contributed by atoms with Crippen LogP contribution in [0.15, 0.2) is 73.4 Å². The predicted molar refractivity (Wildman–Crippen MR) is 140 cm³/mol. The van der Waals surface area contributed by atoms with Crippen molar-refractivity contribution in [3.05, 3.63) is 90.1 Å². The first kappa shape index (κ1) is 21.8. The third-order valence-electron chi connectivity index (χ3n) is 8.19. The summed E-state index contributed by atoms with van der Waals surface area (Å²) in [6, 6.07) is 20.0. The molecule has 1 aromatic heterocycles. The first-order valence-corrected chi connectivity index (χ1v) is 11.9. The summed E-state index contributed by atoms with van der Waals surface area (Å²) in [5.41, 5.74) is 7.22. The maximum atomic E-state index is 4.94. The molecule has 2 aliphatic rings. The number of aryl methyl sites for hydroxylation is 1. The van der Waals surface area contributed by atoms with Crippen molar-refractivity contribution in [1.29, 1.82) is 0 Å². The van der Waals surface area contributed by atoms with Gasteiger partial charge >= 0.3 is 0 Å². The van der Waals surface area contributed by atoms with Crippen molar-refractivity contribution in [2.45, 2.75) is 65.5 Å². The molecule has 3 nitrogen and oxygen atoms in total. The van der Waals surface area contributed by atoms with Gasteiger partial charge in [0.15, 0.2) is 5.82 Å². The lowest BCUT2D eigenvalue weighted by atomic mass is 9.58. The minimum absolute atomic E-state index is 0.0600. The fourth-order valence-electron chi connectivity index (χ4n) is 5.74. The Kier molecular flexibility index (Phi) is 4.59. The van der Waals surface area contributed by atoms with E-state index < -0.39 is 0 Å². The van der Waals surface area contributed by atoms with Gasteiger partial charge in [0.25, 0.3) is 0 Å². The quantitative estimate of drug-likeness (QED) is 0.381. The first-order valence-electron chi connectivity index (χ1n) is 11.9. The normalized spacial score (nSPS) is 23.1. The predicted octanol–water partition coefficient (Wildman–Crippen LogP) is 7.79. The van der Waals surface area contributed by atoms with E-state index in [2.05, 4.69) is 126 Å². The zero-order valence-electron chi connectivity index (χ0n) is 21.0. The van der Waals surface area contributed by atoms with Crippen molar-refractivity contribution in [3.8, 4) is 0 Å². The topological polar surface area (TPSA) is 19.4 Å². The zero-order valence-corrected chi connectivity index (χ0v) is 21.0. The van der Waals surface area contributed by atoms with Crippen molar-refractivity contribution in [1.82, 2.24) is 4.98 Å². The van der Waals surface area contributed by atoms with Gasteiger partial charge in [-0.25, -0.2) is 4.98 Å². The van der Waals surface area contributed by atoms with Crippen LogP contribution in [0.2, 0.25) is 0 Å². The number of pyridine rings is 1. The van der Waals surface area contributed by atoms with Crippen LogP contribution in [0.1, 0.15) is 58.2 Å². The molecule has 2 atom stereocenters. The molecular formula is C30H35N3. The number of allylic oxidation sites excluding steroid dienone is 1. The Morgan fingerprint density at radius 3 is 2.27 bits per heavy atom. The van der Waals surface area contributed by atoms with Crippen LogP contribution in [0.5, 0.6) is 0 Å². The average molecular weight is 438 g/mol. The van der Waals surface area contributed by atoms with Gasteiger partial charge in [-0.05, 0) is 53.3 Å². The molecule has 0 bridgehead atoms. The van der Waals surface area contributed by atoms with Crippen LogP contribution in [0.3, 0.4) is 0 Å². The number of hydrogen-bond donors (Lipinski definition) is 0. The zero-order chi connectivity index (χ0) is 23.8. The number of fused-ring (bicyclic) bond motifs is 5. The van der Waals surface area contributed by atoms with Crippen LogP contribution >= 0.6 is 0 Å². The Labute approximate surface area is 198 Å². The molecule has 0 spiro atoms. The molecule has 170 valence electrons. The Balaban J connectivity index is 1.87. The van der Waals surface area contributed by atoms with Gasteiger partial charge in [-0.15, -0.1) is 6.58 Å². The Morgan fingerprint density at radius 2 is 1.61 bits per heavy atom. The number of rotatable bonds is 2. The Morgan fingerprint density at radius 1 is 0.909 bits per heavy atom. The molecule has 0 aliphatic carbocycles. The van der Waals surface area contributed by atoms with Gasteiger partial charge in [0, 0.05) is 28.4 Å². The van der Waals surface area contributed by atoms with Gasteiger partial charge < -0.3 is 9.80 Å². The van der Waals surface area contributed by atoms with Crippen molar-refractivity contribution >= 4 is 22.9 Å². The molecule has 0 radical (unpaired) electrons. The summed E-state index contributed by atoms with van der Waals surface area (Å²) in [4.78, 5) is 9.93. The number of para-hydroxylation sites is 1. The van der Waals surface area contributed by atoms with Crippen LogP contribution in [0.25, 0.3) is 0 Å². The molecule has 3 aromatic rings. The highest BCUT2D eigenvalue weighted by Crippen LogP contribution is 2.62. The molecule has 0 fully saturated rings. The number of anilines is 4. The molecule has 2 aliphatic heterocycles. The van der Waals surface area contributed by atoms with Crippen LogP contribution in [0, 0.1) is 12.3 Å². The first-order chi connectivity index (χ1) is 15.5. The third-order valence-corrected chi connectivity index (χ3v) is 8.19. The van der Waals surface area contributed by atoms with Crippen molar-refractivity contribution in [2.75, 3.05) is 9.80 Å². The summed E-state index contributed by atoms with van der Waals surface area (Å²) in [5.74, 6) is 1.03. The van der Waals surface area contributed by atoms with E-state index in [0.717, 1.165) is 11.5 Å². The molecule has 5 rings (SSSR count). The molecule has 2 unspecified atom stereocenters. The van der Waals surface area contributed by atoms with E-state index in [0.29, 0.717) is 0 Å². The van der Waals surface area contributed by atoms with E-state index in [1.807, 2.05) is 6.20 Å². The molecule has 0 saturated carbocycles. The van der Waals surface area contributed by atoms with Crippen LogP contribution in [-0.2, 0) is 10.8 Å². The second-order valence-electron chi connectivity index (χ2n) is 11.4. The van der Waals surface area contributed by atoms with Crippen LogP contribution < -0.4 is 9.80 Å². The molecule has 33 heavy (non-hydrogen) atoms. The molecule has 3 heterocycles. The van der Waals surface area contributed by atoms with E-state index in [1.54, 1.807) is 0 Å². The maximum absolute atomic E-state index is 4.94. The number of aromatic nitrogens is 1. The van der Waals surface area contributed by atoms with Crippen molar-refractivity contribution in [3.63, 3.8) is 0 Å². The summed E-state index contributed by atoms with van der Waals surface area (Å²) in [7, 11) is 0. The lowest BCUT2D eigenvalue weighted by molar-refractivity contribution is 0.171. The summed E-state index contributed by atoms with van der Waals surface area (Å²) in [6.45, 7) is 20.5. The average Bonchev–Trinajstić information content (AvgIpc) is 3.13. The second-order valence-corrected chi connectivity index (χ2v) is 11.4. The Bertz CT molecular complexity index is 1250.